The molecule has 0 bridgehead atoms. The lowest BCUT2D eigenvalue weighted by Crippen LogP contribution is -2.19. The smallest absolute Gasteiger partial charge is 0.339 e. The first-order valence-corrected chi connectivity index (χ1v) is 9.34. The van der Waals surface area contributed by atoms with Gasteiger partial charge in [-0.1, -0.05) is 37.3 Å². The number of non-ortho nitro benzene ring substituents is 1. The summed E-state index contributed by atoms with van der Waals surface area (Å²) in [5.41, 5.74) is 3.88. The van der Waals surface area contributed by atoms with Crippen molar-refractivity contribution in [3.8, 4) is 0 Å². The minimum Gasteiger partial charge on any atom is -0.457 e. The summed E-state index contributed by atoms with van der Waals surface area (Å²) in [5, 5.41) is 11.7. The van der Waals surface area contributed by atoms with Gasteiger partial charge in [0.2, 0.25) is 0 Å². The number of nitrogens with zero attached hydrogens (tertiary/aromatic N) is 2. The third kappa shape index (κ3) is 3.45. The Morgan fingerprint density at radius 3 is 2.89 bits per heavy atom. The number of benzene rings is 2. The Kier molecular flexibility index (Phi) is 4.77. The summed E-state index contributed by atoms with van der Waals surface area (Å²) < 4.78 is 5.57. The van der Waals surface area contributed by atoms with E-state index in [0.717, 1.165) is 41.4 Å². The average Bonchev–Trinajstić information content (AvgIpc) is 2.70. The molecule has 0 aliphatic heterocycles. The second-order valence-electron chi connectivity index (χ2n) is 7.28. The van der Waals surface area contributed by atoms with Crippen molar-refractivity contribution in [3.05, 3.63) is 81.0 Å². The summed E-state index contributed by atoms with van der Waals surface area (Å²) in [6.07, 6.45) is 2.71. The Bertz CT molecular complexity index is 1080. The van der Waals surface area contributed by atoms with E-state index in [1.54, 1.807) is 12.1 Å². The number of ether oxygens (including phenoxy) is 1. The summed E-state index contributed by atoms with van der Waals surface area (Å²) >= 11 is 0. The number of carbonyl (C=O) groups excluding carboxylic acids is 1. The van der Waals surface area contributed by atoms with Gasteiger partial charge in [-0.05, 0) is 42.4 Å². The van der Waals surface area contributed by atoms with E-state index in [1.807, 2.05) is 24.3 Å². The van der Waals surface area contributed by atoms with Crippen molar-refractivity contribution in [2.24, 2.45) is 5.92 Å². The first-order chi connectivity index (χ1) is 13.5. The van der Waals surface area contributed by atoms with E-state index in [0.29, 0.717) is 17.0 Å². The fourth-order valence-corrected chi connectivity index (χ4v) is 3.78. The standard InChI is InChI=1S/C22H20N2O4/c1-14-9-10-20-18(11-14)21(17-7-2-3-8-19(17)23-20)22(25)28-13-15-5-4-6-16(12-15)24(26)27/h2-8,12,14H,9-11,13H2,1H3/t14-/m1/s1. The summed E-state index contributed by atoms with van der Waals surface area (Å²) in [7, 11) is 0. The Morgan fingerprint density at radius 2 is 2.07 bits per heavy atom. The molecule has 6 nitrogen and oxygen atoms in total. The van der Waals surface area contributed by atoms with Crippen molar-refractivity contribution in [2.75, 3.05) is 0 Å². The maximum atomic E-state index is 13.0. The van der Waals surface area contributed by atoms with Crippen LogP contribution in [0.3, 0.4) is 0 Å². The van der Waals surface area contributed by atoms with Gasteiger partial charge in [-0.15, -0.1) is 0 Å². The van der Waals surface area contributed by atoms with E-state index in [9.17, 15) is 14.9 Å². The second-order valence-corrected chi connectivity index (χ2v) is 7.28. The molecule has 0 radical (unpaired) electrons. The van der Waals surface area contributed by atoms with Gasteiger partial charge >= 0.3 is 5.97 Å². The van der Waals surface area contributed by atoms with Crippen LogP contribution in [0.4, 0.5) is 5.69 Å². The van der Waals surface area contributed by atoms with Crippen LogP contribution in [-0.2, 0) is 24.2 Å². The van der Waals surface area contributed by atoms with Gasteiger partial charge in [0.25, 0.3) is 5.69 Å². The molecule has 4 rings (SSSR count). The van der Waals surface area contributed by atoms with Crippen molar-refractivity contribution in [2.45, 2.75) is 32.8 Å². The minimum atomic E-state index is -0.459. The van der Waals surface area contributed by atoms with E-state index in [2.05, 4.69) is 6.92 Å². The molecular weight excluding hydrogens is 356 g/mol. The SMILES string of the molecule is C[C@@H]1CCc2nc3ccccc3c(C(=O)OCc3cccc([N+](=O)[O-])c3)c2C1. The lowest BCUT2D eigenvalue weighted by atomic mass is 9.84. The Labute approximate surface area is 162 Å². The number of nitro benzene ring substituents is 1. The largest absolute Gasteiger partial charge is 0.457 e. The van der Waals surface area contributed by atoms with Gasteiger partial charge < -0.3 is 4.74 Å². The van der Waals surface area contributed by atoms with Gasteiger partial charge in [0.05, 0.1) is 16.0 Å². The van der Waals surface area contributed by atoms with Gasteiger partial charge in [-0.25, -0.2) is 4.79 Å². The highest BCUT2D eigenvalue weighted by Crippen LogP contribution is 2.32. The van der Waals surface area contributed by atoms with Gasteiger partial charge in [0, 0.05) is 23.2 Å². The Hall–Kier alpha value is -3.28. The summed E-state index contributed by atoms with van der Waals surface area (Å²) in [6, 6.07) is 13.7. The first kappa shape index (κ1) is 18.1. The van der Waals surface area contributed by atoms with Gasteiger partial charge in [-0.2, -0.15) is 0 Å². The summed E-state index contributed by atoms with van der Waals surface area (Å²) in [4.78, 5) is 28.3. The molecule has 0 spiro atoms. The molecule has 1 aliphatic carbocycles. The van der Waals surface area contributed by atoms with Gasteiger partial charge in [0.15, 0.2) is 0 Å². The lowest BCUT2D eigenvalue weighted by Gasteiger charge is -2.24. The number of carbonyl (C=O) groups is 1. The zero-order valence-electron chi connectivity index (χ0n) is 15.6. The third-order valence-electron chi connectivity index (χ3n) is 5.20. The quantitative estimate of drug-likeness (QED) is 0.377. The van der Waals surface area contributed by atoms with Crippen LogP contribution in [0.2, 0.25) is 0 Å². The molecule has 0 N–H and O–H groups in total. The molecule has 0 fully saturated rings. The molecule has 1 heterocycles. The molecule has 1 aliphatic rings. The van der Waals surface area contributed by atoms with Gasteiger partial charge in [-0.3, -0.25) is 15.1 Å². The van der Waals surface area contributed by atoms with Gasteiger partial charge in [0.1, 0.15) is 6.61 Å². The zero-order valence-corrected chi connectivity index (χ0v) is 15.6. The van der Waals surface area contributed by atoms with Crippen LogP contribution in [-0.4, -0.2) is 15.9 Å². The highest BCUT2D eigenvalue weighted by molar-refractivity contribution is 6.05. The highest BCUT2D eigenvalue weighted by Gasteiger charge is 2.26. The molecule has 1 aromatic heterocycles. The highest BCUT2D eigenvalue weighted by atomic mass is 16.6. The first-order valence-electron chi connectivity index (χ1n) is 9.34. The molecule has 0 saturated heterocycles. The fourth-order valence-electron chi connectivity index (χ4n) is 3.78. The Morgan fingerprint density at radius 1 is 1.25 bits per heavy atom. The normalized spacial score (nSPS) is 15.8. The van der Waals surface area contributed by atoms with E-state index < -0.39 is 10.9 Å². The van der Waals surface area contributed by atoms with E-state index in [-0.39, 0.29) is 12.3 Å². The molecule has 0 unspecified atom stereocenters. The van der Waals surface area contributed by atoms with Crippen LogP contribution >= 0.6 is 0 Å². The fraction of sp³-hybridized carbons (Fsp3) is 0.273. The van der Waals surface area contributed by atoms with E-state index in [1.165, 1.54) is 12.1 Å². The zero-order chi connectivity index (χ0) is 19.7. The number of hydrogen-bond acceptors (Lipinski definition) is 5. The number of para-hydroxylation sites is 1. The lowest BCUT2D eigenvalue weighted by molar-refractivity contribution is -0.384. The molecule has 142 valence electrons. The van der Waals surface area contributed by atoms with E-state index >= 15 is 0 Å². The molecular formula is C22H20N2O4. The second kappa shape index (κ2) is 7.38. The number of pyridine rings is 1. The number of nitro groups is 1. The number of rotatable bonds is 4. The van der Waals surface area contributed by atoms with Crippen LogP contribution in [0.5, 0.6) is 0 Å². The van der Waals surface area contributed by atoms with Crippen LogP contribution in [0.1, 0.15) is 40.5 Å². The summed E-state index contributed by atoms with van der Waals surface area (Å²) in [5.74, 6) is 0.0780. The van der Waals surface area contributed by atoms with Crippen LogP contribution in [0, 0.1) is 16.0 Å². The van der Waals surface area contributed by atoms with Crippen molar-refractivity contribution in [1.82, 2.24) is 4.98 Å². The molecule has 6 heteroatoms. The predicted octanol–water partition coefficient (Wildman–Crippen LogP) is 4.62. The molecule has 2 aromatic carbocycles. The number of aryl methyl sites for hydroxylation is 1. The monoisotopic (exact) mass is 376 g/mol. The van der Waals surface area contributed by atoms with Crippen molar-refractivity contribution < 1.29 is 14.5 Å². The number of aromatic nitrogens is 1. The predicted molar refractivity (Wildman–Crippen MR) is 105 cm³/mol. The molecule has 28 heavy (non-hydrogen) atoms. The van der Waals surface area contributed by atoms with Crippen molar-refractivity contribution in [1.29, 1.82) is 0 Å². The average molecular weight is 376 g/mol. The number of esters is 1. The minimum absolute atomic E-state index is 0.0124. The maximum absolute atomic E-state index is 13.0. The Balaban J connectivity index is 1.68. The summed E-state index contributed by atoms with van der Waals surface area (Å²) in [6.45, 7) is 2.16. The number of hydrogen-bond donors (Lipinski definition) is 0. The maximum Gasteiger partial charge on any atom is 0.339 e. The molecule has 1 atom stereocenters. The van der Waals surface area contributed by atoms with Crippen LogP contribution in [0.25, 0.3) is 10.9 Å². The molecule has 0 amide bonds. The number of fused-ring (bicyclic) bond motifs is 2. The van der Waals surface area contributed by atoms with Crippen LogP contribution in [0.15, 0.2) is 48.5 Å². The van der Waals surface area contributed by atoms with Crippen molar-refractivity contribution >= 4 is 22.6 Å². The molecule has 3 aromatic rings. The molecule has 0 saturated carbocycles. The topological polar surface area (TPSA) is 82.3 Å². The van der Waals surface area contributed by atoms with Crippen LogP contribution < -0.4 is 0 Å². The van der Waals surface area contributed by atoms with E-state index in [4.69, 9.17) is 9.72 Å². The third-order valence-corrected chi connectivity index (χ3v) is 5.20. The van der Waals surface area contributed by atoms with Crippen molar-refractivity contribution in [3.63, 3.8) is 0 Å².